The first-order valence-corrected chi connectivity index (χ1v) is 9.62. The van der Waals surface area contributed by atoms with E-state index in [1.54, 1.807) is 29.0 Å². The van der Waals surface area contributed by atoms with Gasteiger partial charge < -0.3 is 19.1 Å². The maximum Gasteiger partial charge on any atom is 0.268 e. The molecule has 0 aromatic heterocycles. The molecule has 146 valence electrons. The number of thioether (sulfide) groups is 1. The second-order valence-electron chi connectivity index (χ2n) is 6.43. The fourth-order valence-corrected chi connectivity index (χ4v) is 5.24. The molecule has 0 unspecified atom stereocenters. The average molecular weight is 400 g/mol. The van der Waals surface area contributed by atoms with Gasteiger partial charge in [0.2, 0.25) is 16.5 Å². The van der Waals surface area contributed by atoms with Gasteiger partial charge >= 0.3 is 0 Å². The molecule has 2 aliphatic heterocycles. The lowest BCUT2D eigenvalue weighted by molar-refractivity contribution is -0.123. The van der Waals surface area contributed by atoms with Crippen LogP contribution < -0.4 is 24.0 Å². The van der Waals surface area contributed by atoms with Crippen LogP contribution in [0.15, 0.2) is 36.4 Å². The molecule has 2 aromatic carbocycles. The van der Waals surface area contributed by atoms with E-state index in [4.69, 9.17) is 14.2 Å². The number of hydrogen-bond donors (Lipinski definition) is 0. The first-order valence-electron chi connectivity index (χ1n) is 8.64. The zero-order valence-electron chi connectivity index (χ0n) is 16.0. The van der Waals surface area contributed by atoms with E-state index < -0.39 is 4.87 Å². The lowest BCUT2D eigenvalue weighted by Gasteiger charge is -2.33. The zero-order valence-corrected chi connectivity index (χ0v) is 16.8. The van der Waals surface area contributed by atoms with Crippen LogP contribution in [0.3, 0.4) is 0 Å². The van der Waals surface area contributed by atoms with E-state index in [9.17, 15) is 9.59 Å². The van der Waals surface area contributed by atoms with Crippen molar-refractivity contribution in [2.45, 2.75) is 4.87 Å². The van der Waals surface area contributed by atoms with Gasteiger partial charge in [-0.15, -0.1) is 11.8 Å². The summed E-state index contributed by atoms with van der Waals surface area (Å²) in [5.74, 6) is 1.16. The van der Waals surface area contributed by atoms with Crippen LogP contribution in [0, 0.1) is 0 Å². The van der Waals surface area contributed by atoms with E-state index in [0.717, 1.165) is 11.3 Å². The Morgan fingerprint density at radius 1 is 1.00 bits per heavy atom. The molecule has 4 rings (SSSR count). The highest BCUT2D eigenvalue weighted by Crippen LogP contribution is 2.56. The van der Waals surface area contributed by atoms with Crippen LogP contribution >= 0.6 is 11.8 Å². The standard InChI is InChI=1S/C20H20N2O5S/c1-21-14-8-6-5-7-13(14)20(19(21)24)22(17(23)11-28-20)12-9-15(25-2)18(27-4)16(10-12)26-3/h5-10H,11H2,1-4H3/t20-/m0/s1. The minimum atomic E-state index is -1.15. The number of amides is 2. The Morgan fingerprint density at radius 3 is 2.25 bits per heavy atom. The average Bonchev–Trinajstić information content (AvgIpc) is 3.18. The van der Waals surface area contributed by atoms with Crippen LogP contribution in [0.5, 0.6) is 17.2 Å². The van der Waals surface area contributed by atoms with Crippen LogP contribution in [-0.2, 0) is 14.5 Å². The summed E-state index contributed by atoms with van der Waals surface area (Å²) in [4.78, 5) is 28.4. The smallest absolute Gasteiger partial charge is 0.268 e. The molecule has 0 radical (unpaired) electrons. The molecule has 2 aromatic rings. The quantitative estimate of drug-likeness (QED) is 0.786. The summed E-state index contributed by atoms with van der Waals surface area (Å²) in [5.41, 5.74) is 2.11. The van der Waals surface area contributed by atoms with Gasteiger partial charge in [0, 0.05) is 24.7 Å². The Hall–Kier alpha value is -2.87. The SMILES string of the molecule is COc1cc(N2C(=O)CS[C@@]23C(=O)N(C)c2ccccc23)cc(OC)c1OC. The summed E-state index contributed by atoms with van der Waals surface area (Å²) in [6, 6.07) is 10.9. The number of hydrogen-bond acceptors (Lipinski definition) is 6. The summed E-state index contributed by atoms with van der Waals surface area (Å²) >= 11 is 1.33. The molecule has 0 bridgehead atoms. The van der Waals surface area contributed by atoms with Crippen molar-refractivity contribution in [1.82, 2.24) is 0 Å². The second kappa shape index (κ2) is 6.63. The number of carbonyl (C=O) groups excluding carboxylic acids is 2. The molecule has 2 aliphatic rings. The molecule has 1 atom stereocenters. The molecule has 0 N–H and O–H groups in total. The molecule has 8 heteroatoms. The van der Waals surface area contributed by atoms with Gasteiger partial charge in [0.05, 0.1) is 38.5 Å². The van der Waals surface area contributed by atoms with Crippen molar-refractivity contribution in [3.05, 3.63) is 42.0 Å². The van der Waals surface area contributed by atoms with Gasteiger partial charge in [0.25, 0.3) is 5.91 Å². The number of nitrogens with zero attached hydrogens (tertiary/aromatic N) is 2. The summed E-state index contributed by atoms with van der Waals surface area (Å²) in [7, 11) is 6.28. The second-order valence-corrected chi connectivity index (χ2v) is 7.59. The molecule has 0 saturated carbocycles. The monoisotopic (exact) mass is 400 g/mol. The Balaban J connectivity index is 1.95. The largest absolute Gasteiger partial charge is 0.493 e. The lowest BCUT2D eigenvalue weighted by Crippen LogP contribution is -2.49. The van der Waals surface area contributed by atoms with Crippen LogP contribution in [0.25, 0.3) is 0 Å². The molecule has 1 fully saturated rings. The number of likely N-dealkylation sites (N-methyl/N-ethyl adjacent to an activating group) is 1. The summed E-state index contributed by atoms with van der Waals surface area (Å²) < 4.78 is 16.3. The van der Waals surface area contributed by atoms with E-state index >= 15 is 0 Å². The maximum atomic E-state index is 13.4. The van der Waals surface area contributed by atoms with Gasteiger partial charge in [-0.3, -0.25) is 14.5 Å². The van der Waals surface area contributed by atoms with Crippen molar-refractivity contribution in [2.75, 3.05) is 43.9 Å². The highest BCUT2D eigenvalue weighted by atomic mass is 32.2. The fraction of sp³-hybridized carbons (Fsp3) is 0.300. The number of para-hydroxylation sites is 1. The minimum Gasteiger partial charge on any atom is -0.493 e. The highest BCUT2D eigenvalue weighted by molar-refractivity contribution is 8.02. The molecule has 1 saturated heterocycles. The van der Waals surface area contributed by atoms with Gasteiger partial charge in [0.1, 0.15) is 0 Å². The first kappa shape index (κ1) is 18.5. The van der Waals surface area contributed by atoms with E-state index in [1.165, 1.54) is 33.1 Å². The summed E-state index contributed by atoms with van der Waals surface area (Å²) in [6.45, 7) is 0. The van der Waals surface area contributed by atoms with Gasteiger partial charge in [-0.25, -0.2) is 0 Å². The van der Waals surface area contributed by atoms with E-state index in [1.807, 2.05) is 24.3 Å². The fourth-order valence-electron chi connectivity index (χ4n) is 3.85. The summed E-state index contributed by atoms with van der Waals surface area (Å²) in [5, 5.41) is 0. The molecule has 0 aliphatic carbocycles. The molecule has 2 heterocycles. The van der Waals surface area contributed by atoms with Crippen molar-refractivity contribution in [2.24, 2.45) is 0 Å². The normalized spacial score (nSPS) is 20.7. The van der Waals surface area contributed by atoms with Gasteiger partial charge in [0.15, 0.2) is 11.5 Å². The van der Waals surface area contributed by atoms with Gasteiger partial charge in [-0.2, -0.15) is 0 Å². The number of fused-ring (bicyclic) bond motifs is 2. The van der Waals surface area contributed by atoms with Crippen LogP contribution in [0.1, 0.15) is 5.56 Å². The molecule has 7 nitrogen and oxygen atoms in total. The molecular weight excluding hydrogens is 380 g/mol. The predicted octanol–water partition coefficient (Wildman–Crippen LogP) is 2.62. The summed E-state index contributed by atoms with van der Waals surface area (Å²) in [6.07, 6.45) is 0. The number of benzene rings is 2. The third kappa shape index (κ3) is 2.30. The van der Waals surface area contributed by atoms with Crippen molar-refractivity contribution >= 4 is 35.0 Å². The van der Waals surface area contributed by atoms with Crippen LogP contribution in [0.4, 0.5) is 11.4 Å². The number of anilines is 2. The maximum absolute atomic E-state index is 13.4. The van der Waals surface area contributed by atoms with E-state index in [2.05, 4.69) is 0 Å². The van der Waals surface area contributed by atoms with Crippen molar-refractivity contribution in [1.29, 1.82) is 0 Å². The molecule has 1 spiro atoms. The molecule has 28 heavy (non-hydrogen) atoms. The lowest BCUT2D eigenvalue weighted by atomic mass is 10.0. The van der Waals surface area contributed by atoms with Crippen molar-refractivity contribution in [3.63, 3.8) is 0 Å². The zero-order chi connectivity index (χ0) is 20.1. The first-order chi connectivity index (χ1) is 13.5. The molecular formula is C20H20N2O5S. The number of carbonyl (C=O) groups is 2. The third-order valence-corrected chi connectivity index (χ3v) is 6.49. The topological polar surface area (TPSA) is 68.3 Å². The number of ether oxygens (including phenoxy) is 3. The Kier molecular flexibility index (Phi) is 4.38. The Labute approximate surface area is 167 Å². The van der Waals surface area contributed by atoms with Crippen molar-refractivity contribution in [3.8, 4) is 17.2 Å². The minimum absolute atomic E-state index is 0.154. The highest BCUT2D eigenvalue weighted by Gasteiger charge is 2.60. The van der Waals surface area contributed by atoms with Crippen LogP contribution in [-0.4, -0.2) is 45.9 Å². The van der Waals surface area contributed by atoms with Crippen molar-refractivity contribution < 1.29 is 23.8 Å². The van der Waals surface area contributed by atoms with E-state index in [0.29, 0.717) is 22.9 Å². The number of methoxy groups -OCH3 is 3. The Bertz CT molecular complexity index is 954. The molecule has 2 amide bonds. The number of rotatable bonds is 4. The van der Waals surface area contributed by atoms with E-state index in [-0.39, 0.29) is 17.6 Å². The Morgan fingerprint density at radius 2 is 1.64 bits per heavy atom. The van der Waals surface area contributed by atoms with Gasteiger partial charge in [-0.05, 0) is 6.07 Å². The third-order valence-electron chi connectivity index (χ3n) is 5.10. The van der Waals surface area contributed by atoms with Crippen LogP contribution in [0.2, 0.25) is 0 Å². The predicted molar refractivity (Wildman–Crippen MR) is 108 cm³/mol. The van der Waals surface area contributed by atoms with Gasteiger partial charge in [-0.1, -0.05) is 18.2 Å².